The molecule has 2 aromatic heterocycles. The molecule has 0 aliphatic heterocycles. The van der Waals surface area contributed by atoms with Crippen LogP contribution in [0.15, 0.2) is 40.9 Å². The van der Waals surface area contributed by atoms with E-state index in [9.17, 15) is 0 Å². The van der Waals surface area contributed by atoms with Crippen molar-refractivity contribution in [3.05, 3.63) is 53.5 Å². The number of rotatable bonds is 7. The van der Waals surface area contributed by atoms with Gasteiger partial charge in [0.25, 0.3) is 0 Å². The Morgan fingerprint density at radius 3 is 2.56 bits per heavy atom. The van der Waals surface area contributed by atoms with Crippen molar-refractivity contribution in [2.45, 2.75) is 75.0 Å². The number of nitrogens with one attached hydrogen (secondary N) is 1. The maximum atomic E-state index is 5.64. The Morgan fingerprint density at radius 2 is 1.78 bits per heavy atom. The monoisotopic (exact) mass is 428 g/mol. The highest BCUT2D eigenvalue weighted by Crippen LogP contribution is 2.62. The molecule has 0 atom stereocenters. The zero-order valence-electron chi connectivity index (χ0n) is 18.9. The maximum Gasteiger partial charge on any atom is 0.167 e. The first kappa shape index (κ1) is 19.0. The first-order chi connectivity index (χ1) is 15.6. The molecule has 4 saturated carbocycles. The minimum Gasteiger partial charge on any atom is -0.384 e. The molecule has 166 valence electrons. The number of aromatic nitrogens is 3. The molecular formula is C27H32N4O. The Bertz CT molecular complexity index is 1160. The van der Waals surface area contributed by atoms with Crippen LogP contribution in [0, 0.1) is 5.41 Å². The van der Waals surface area contributed by atoms with Gasteiger partial charge < -0.3 is 9.84 Å². The predicted octanol–water partition coefficient (Wildman–Crippen LogP) is 6.14. The van der Waals surface area contributed by atoms with Crippen molar-refractivity contribution >= 4 is 5.69 Å². The van der Waals surface area contributed by atoms with Gasteiger partial charge in [-0.25, -0.2) is 0 Å². The van der Waals surface area contributed by atoms with Crippen molar-refractivity contribution in [3.8, 4) is 11.3 Å². The lowest BCUT2D eigenvalue weighted by Gasteiger charge is -2.28. The van der Waals surface area contributed by atoms with Crippen LogP contribution < -0.4 is 5.32 Å². The summed E-state index contributed by atoms with van der Waals surface area (Å²) in [5.41, 5.74) is 7.00. The molecule has 4 aliphatic rings. The fourth-order valence-corrected chi connectivity index (χ4v) is 6.55. The van der Waals surface area contributed by atoms with Gasteiger partial charge >= 0.3 is 0 Å². The molecule has 5 nitrogen and oxygen atoms in total. The summed E-state index contributed by atoms with van der Waals surface area (Å²) in [6, 6.07) is 13.2. The summed E-state index contributed by atoms with van der Waals surface area (Å²) >= 11 is 0. The van der Waals surface area contributed by atoms with Crippen molar-refractivity contribution in [1.29, 1.82) is 0 Å². The number of aryl methyl sites for hydroxylation is 1. The second kappa shape index (κ2) is 6.72. The van der Waals surface area contributed by atoms with Crippen molar-refractivity contribution in [2.24, 2.45) is 12.5 Å². The Balaban J connectivity index is 1.06. The largest absolute Gasteiger partial charge is 0.384 e. The fourth-order valence-electron chi connectivity index (χ4n) is 6.55. The minimum atomic E-state index is 0.345. The van der Waals surface area contributed by atoms with Gasteiger partial charge in [-0.2, -0.15) is 5.10 Å². The molecule has 0 radical (unpaired) electrons. The van der Waals surface area contributed by atoms with Gasteiger partial charge in [-0.1, -0.05) is 17.3 Å². The number of anilines is 1. The van der Waals surface area contributed by atoms with Gasteiger partial charge in [-0.05, 0) is 81.4 Å². The van der Waals surface area contributed by atoms with E-state index in [1.165, 1.54) is 74.9 Å². The van der Waals surface area contributed by atoms with E-state index in [-0.39, 0.29) is 0 Å². The van der Waals surface area contributed by atoms with Gasteiger partial charge in [0.15, 0.2) is 5.76 Å². The van der Waals surface area contributed by atoms with E-state index in [0.717, 1.165) is 29.5 Å². The average Bonchev–Trinajstić information content (AvgIpc) is 3.69. The summed E-state index contributed by atoms with van der Waals surface area (Å²) < 4.78 is 7.85. The van der Waals surface area contributed by atoms with Crippen LogP contribution >= 0.6 is 0 Å². The summed E-state index contributed by atoms with van der Waals surface area (Å²) in [4.78, 5) is 0. The highest BCUT2D eigenvalue weighted by Gasteiger charge is 2.56. The maximum absolute atomic E-state index is 5.64. The molecule has 7 rings (SSSR count). The molecule has 4 aliphatic carbocycles. The van der Waals surface area contributed by atoms with Crippen LogP contribution in [0.4, 0.5) is 5.69 Å². The number of hydrogen-bond acceptors (Lipinski definition) is 4. The van der Waals surface area contributed by atoms with Crippen molar-refractivity contribution in [2.75, 3.05) is 11.9 Å². The van der Waals surface area contributed by atoms with Crippen LogP contribution in [-0.2, 0) is 12.5 Å². The summed E-state index contributed by atoms with van der Waals surface area (Å²) in [7, 11) is 2.16. The topological polar surface area (TPSA) is 55.9 Å². The molecule has 0 spiro atoms. The zero-order chi connectivity index (χ0) is 21.3. The summed E-state index contributed by atoms with van der Waals surface area (Å²) in [5, 5.41) is 13.0. The lowest BCUT2D eigenvalue weighted by Crippen LogP contribution is -2.24. The highest BCUT2D eigenvalue weighted by atomic mass is 16.5. The minimum absolute atomic E-state index is 0.345. The normalized spacial score (nSPS) is 29.0. The Morgan fingerprint density at radius 1 is 1.00 bits per heavy atom. The second-order valence-corrected chi connectivity index (χ2v) is 11.1. The SMILES string of the molecule is Cn1nc(C2CC2)cc1C12CCC(CNc3cccc(-c4cc(C5CC5)no4)c3)(CC1)C2. The predicted molar refractivity (Wildman–Crippen MR) is 125 cm³/mol. The first-order valence-electron chi connectivity index (χ1n) is 12.5. The number of benzene rings is 1. The standard InChI is InChI=1S/C27H32N4O/c1-31-25(15-22(29-31)18-5-6-18)27-11-9-26(16-27,10-12-27)17-28-21-4-2-3-20(13-21)24-14-23(30-32-24)19-7-8-19/h2-4,13-15,18-19,28H,5-12,16-17H2,1H3. The number of nitrogens with zero attached hydrogens (tertiary/aromatic N) is 3. The third kappa shape index (κ3) is 3.12. The van der Waals surface area contributed by atoms with E-state index in [1.54, 1.807) is 0 Å². The molecule has 2 bridgehead atoms. The van der Waals surface area contributed by atoms with E-state index in [0.29, 0.717) is 16.7 Å². The molecule has 5 heteroatoms. The van der Waals surface area contributed by atoms with E-state index in [4.69, 9.17) is 9.62 Å². The molecule has 0 saturated heterocycles. The van der Waals surface area contributed by atoms with Crippen molar-refractivity contribution in [3.63, 3.8) is 0 Å². The van der Waals surface area contributed by atoms with Gasteiger partial charge in [-0.3, -0.25) is 4.68 Å². The highest BCUT2D eigenvalue weighted by molar-refractivity contribution is 5.64. The molecule has 4 fully saturated rings. The molecule has 3 aromatic rings. The lowest BCUT2D eigenvalue weighted by atomic mass is 9.80. The van der Waals surface area contributed by atoms with Crippen LogP contribution in [0.3, 0.4) is 0 Å². The van der Waals surface area contributed by atoms with E-state index in [2.05, 4.69) is 58.6 Å². The summed E-state index contributed by atoms with van der Waals surface area (Å²) in [5.74, 6) is 2.24. The number of hydrogen-bond donors (Lipinski definition) is 1. The summed E-state index contributed by atoms with van der Waals surface area (Å²) in [6.45, 7) is 1.05. The molecular weight excluding hydrogens is 396 g/mol. The fraction of sp³-hybridized carbons (Fsp3) is 0.556. The van der Waals surface area contributed by atoms with Crippen molar-refractivity contribution in [1.82, 2.24) is 14.9 Å². The molecule has 0 unspecified atom stereocenters. The van der Waals surface area contributed by atoms with Crippen molar-refractivity contribution < 1.29 is 4.52 Å². The molecule has 1 N–H and O–H groups in total. The van der Waals surface area contributed by atoms with E-state index >= 15 is 0 Å². The molecule has 1 aromatic carbocycles. The Hall–Kier alpha value is -2.56. The molecule has 0 amide bonds. The van der Waals surface area contributed by atoms with E-state index < -0.39 is 0 Å². The third-order valence-electron chi connectivity index (χ3n) is 8.76. The average molecular weight is 429 g/mol. The van der Waals surface area contributed by atoms with Gasteiger partial charge in [0.1, 0.15) is 0 Å². The van der Waals surface area contributed by atoms with Crippen LogP contribution in [-0.4, -0.2) is 21.5 Å². The van der Waals surface area contributed by atoms with Gasteiger partial charge in [0.05, 0.1) is 11.4 Å². The lowest BCUT2D eigenvalue weighted by molar-refractivity contribution is 0.312. The Labute approximate surface area is 189 Å². The second-order valence-electron chi connectivity index (χ2n) is 11.1. The van der Waals surface area contributed by atoms with Crippen LogP contribution in [0.1, 0.15) is 86.7 Å². The molecule has 2 heterocycles. The smallest absolute Gasteiger partial charge is 0.167 e. The Kier molecular flexibility index (Phi) is 3.98. The van der Waals surface area contributed by atoms with Gasteiger partial charge in [-0.15, -0.1) is 0 Å². The van der Waals surface area contributed by atoms with Crippen LogP contribution in [0.25, 0.3) is 11.3 Å². The molecule has 32 heavy (non-hydrogen) atoms. The quantitative estimate of drug-likeness (QED) is 0.491. The van der Waals surface area contributed by atoms with Crippen LogP contribution in [0.5, 0.6) is 0 Å². The van der Waals surface area contributed by atoms with E-state index in [1.807, 2.05) is 0 Å². The van der Waals surface area contributed by atoms with Gasteiger partial charge in [0, 0.05) is 53.9 Å². The van der Waals surface area contributed by atoms with Gasteiger partial charge in [0.2, 0.25) is 0 Å². The van der Waals surface area contributed by atoms with Crippen LogP contribution in [0.2, 0.25) is 0 Å². The number of fused-ring (bicyclic) bond motifs is 2. The first-order valence-corrected chi connectivity index (χ1v) is 12.5. The third-order valence-corrected chi connectivity index (χ3v) is 8.76. The zero-order valence-corrected chi connectivity index (χ0v) is 18.9. The summed E-state index contributed by atoms with van der Waals surface area (Å²) in [6.07, 6.45) is 11.7.